The highest BCUT2D eigenvalue weighted by Crippen LogP contribution is 2.47. The summed E-state index contributed by atoms with van der Waals surface area (Å²) in [5.41, 5.74) is 3.11. The monoisotopic (exact) mass is 523 g/mol. The summed E-state index contributed by atoms with van der Waals surface area (Å²) < 4.78 is 26.2. The molecular weight excluding hydrogens is 490 g/mol. The average Bonchev–Trinajstić information content (AvgIpc) is 3.79. The van der Waals surface area contributed by atoms with Crippen LogP contribution in [0.3, 0.4) is 0 Å². The summed E-state index contributed by atoms with van der Waals surface area (Å²) in [6.45, 7) is 0. The first-order valence-corrected chi connectivity index (χ1v) is 14.8. The van der Waals surface area contributed by atoms with E-state index < -0.39 is 21.7 Å². The van der Waals surface area contributed by atoms with E-state index >= 15 is 0 Å². The van der Waals surface area contributed by atoms with E-state index in [1.807, 2.05) is 18.2 Å². The lowest BCUT2D eigenvalue weighted by molar-refractivity contribution is -0.137. The number of benzene rings is 1. The molecule has 0 bridgehead atoms. The van der Waals surface area contributed by atoms with Gasteiger partial charge in [-0.1, -0.05) is 18.2 Å². The van der Waals surface area contributed by atoms with E-state index in [0.717, 1.165) is 36.0 Å². The summed E-state index contributed by atoms with van der Waals surface area (Å²) in [5.74, 6) is -0.683. The number of carbonyl (C=O) groups excluding carboxylic acids is 2. The van der Waals surface area contributed by atoms with Crippen LogP contribution in [0.25, 0.3) is 0 Å². The Balaban J connectivity index is 1.40. The summed E-state index contributed by atoms with van der Waals surface area (Å²) >= 11 is 0. The molecule has 8 heteroatoms. The van der Waals surface area contributed by atoms with E-state index in [1.165, 1.54) is 0 Å². The number of rotatable bonds is 12. The van der Waals surface area contributed by atoms with E-state index in [1.54, 1.807) is 18.3 Å². The molecule has 3 saturated carbocycles. The molecule has 5 rings (SSSR count). The van der Waals surface area contributed by atoms with Gasteiger partial charge in [-0.3, -0.25) is 19.4 Å². The highest BCUT2D eigenvalue weighted by Gasteiger charge is 2.41. The Morgan fingerprint density at radius 1 is 1.05 bits per heavy atom. The summed E-state index contributed by atoms with van der Waals surface area (Å²) in [6, 6.07) is 9.06. The molecular formula is C29H33NO6S. The highest BCUT2D eigenvalue weighted by molar-refractivity contribution is 7.92. The van der Waals surface area contributed by atoms with Gasteiger partial charge in [0, 0.05) is 43.5 Å². The average molecular weight is 524 g/mol. The molecule has 0 radical (unpaired) electrons. The van der Waals surface area contributed by atoms with E-state index in [0.29, 0.717) is 49.1 Å². The van der Waals surface area contributed by atoms with E-state index in [4.69, 9.17) is 5.11 Å². The SMILES string of the molecule is O=C(O)CCc1ccc(CC(=O)[C@H](C[C@H]2CCC(=O)C2)c2ccc(S(=O)(=O)C3CC3)c(C3CC3)c2)nc1. The Kier molecular flexibility index (Phi) is 7.30. The first kappa shape index (κ1) is 25.8. The number of carboxylic acids is 1. The zero-order chi connectivity index (χ0) is 26.2. The largest absolute Gasteiger partial charge is 0.481 e. The van der Waals surface area contributed by atoms with Crippen molar-refractivity contribution in [1.29, 1.82) is 0 Å². The molecule has 3 aliphatic rings. The second-order valence-corrected chi connectivity index (χ2v) is 13.1. The second-order valence-electron chi connectivity index (χ2n) is 10.9. The van der Waals surface area contributed by atoms with Crippen molar-refractivity contribution in [1.82, 2.24) is 4.98 Å². The molecule has 0 saturated heterocycles. The van der Waals surface area contributed by atoms with Crippen LogP contribution in [0.15, 0.2) is 41.4 Å². The molecule has 2 atom stereocenters. The van der Waals surface area contributed by atoms with Crippen molar-refractivity contribution in [2.45, 2.75) is 92.6 Å². The number of carboxylic acid groups (broad SMARTS) is 1. The molecule has 0 spiro atoms. The van der Waals surface area contributed by atoms with Crippen LogP contribution in [0.4, 0.5) is 0 Å². The van der Waals surface area contributed by atoms with Gasteiger partial charge in [-0.05, 0) is 85.6 Å². The van der Waals surface area contributed by atoms with Gasteiger partial charge in [-0.15, -0.1) is 0 Å². The minimum atomic E-state index is -3.33. The van der Waals surface area contributed by atoms with Crippen molar-refractivity contribution in [3.63, 3.8) is 0 Å². The van der Waals surface area contributed by atoms with E-state index in [-0.39, 0.29) is 41.5 Å². The number of aromatic nitrogens is 1. The lowest BCUT2D eigenvalue weighted by Gasteiger charge is -2.22. The molecule has 196 valence electrons. The maximum Gasteiger partial charge on any atom is 0.303 e. The van der Waals surface area contributed by atoms with Gasteiger partial charge < -0.3 is 5.11 Å². The van der Waals surface area contributed by atoms with Gasteiger partial charge in [-0.25, -0.2) is 8.42 Å². The Morgan fingerprint density at radius 3 is 2.43 bits per heavy atom. The maximum absolute atomic E-state index is 13.7. The molecule has 37 heavy (non-hydrogen) atoms. The van der Waals surface area contributed by atoms with Crippen LogP contribution in [0.5, 0.6) is 0 Å². The summed E-state index contributed by atoms with van der Waals surface area (Å²) in [7, 11) is -3.33. The molecule has 0 amide bonds. The number of sulfone groups is 1. The van der Waals surface area contributed by atoms with Crippen LogP contribution < -0.4 is 0 Å². The molecule has 1 aromatic heterocycles. The number of hydrogen-bond acceptors (Lipinski definition) is 6. The van der Waals surface area contributed by atoms with Gasteiger partial charge in [0.25, 0.3) is 0 Å². The van der Waals surface area contributed by atoms with Gasteiger partial charge >= 0.3 is 5.97 Å². The van der Waals surface area contributed by atoms with Crippen LogP contribution >= 0.6 is 0 Å². The maximum atomic E-state index is 13.7. The Hall–Kier alpha value is -2.87. The number of aliphatic carboxylic acids is 1. The predicted molar refractivity (Wildman–Crippen MR) is 137 cm³/mol. The molecule has 1 N–H and O–H groups in total. The van der Waals surface area contributed by atoms with E-state index in [2.05, 4.69) is 4.98 Å². The third-order valence-corrected chi connectivity index (χ3v) is 10.2. The van der Waals surface area contributed by atoms with Crippen LogP contribution in [0.2, 0.25) is 0 Å². The number of carbonyl (C=O) groups is 3. The second kappa shape index (κ2) is 10.5. The van der Waals surface area contributed by atoms with Crippen molar-refractivity contribution in [3.8, 4) is 0 Å². The summed E-state index contributed by atoms with van der Waals surface area (Å²) in [5, 5.41) is 8.61. The van der Waals surface area contributed by atoms with Crippen LogP contribution in [-0.4, -0.2) is 41.3 Å². The normalized spacial score (nSPS) is 20.6. The first-order chi connectivity index (χ1) is 17.7. The fraction of sp³-hybridized carbons (Fsp3) is 0.517. The molecule has 0 aliphatic heterocycles. The zero-order valence-electron chi connectivity index (χ0n) is 20.9. The van der Waals surface area contributed by atoms with Gasteiger partial charge in [-0.2, -0.15) is 0 Å². The minimum absolute atomic E-state index is 0.00434. The van der Waals surface area contributed by atoms with E-state index in [9.17, 15) is 22.8 Å². The lowest BCUT2D eigenvalue weighted by Crippen LogP contribution is -2.19. The Labute approximate surface area is 217 Å². The molecule has 3 fully saturated rings. The first-order valence-electron chi connectivity index (χ1n) is 13.3. The fourth-order valence-corrected chi connectivity index (χ4v) is 7.38. The van der Waals surface area contributed by atoms with Crippen LogP contribution in [0.1, 0.15) is 92.0 Å². The predicted octanol–water partition coefficient (Wildman–Crippen LogP) is 4.57. The van der Waals surface area contributed by atoms with Crippen molar-refractivity contribution in [3.05, 3.63) is 58.9 Å². The molecule has 3 aliphatic carbocycles. The smallest absolute Gasteiger partial charge is 0.303 e. The molecule has 2 aromatic rings. The lowest BCUT2D eigenvalue weighted by atomic mass is 9.83. The Bertz CT molecular complexity index is 1310. The van der Waals surface area contributed by atoms with Gasteiger partial charge in [0.05, 0.1) is 10.1 Å². The number of ketones is 2. The third-order valence-electron chi connectivity index (χ3n) is 7.90. The van der Waals surface area contributed by atoms with Crippen LogP contribution in [0, 0.1) is 5.92 Å². The highest BCUT2D eigenvalue weighted by atomic mass is 32.2. The number of pyridine rings is 1. The zero-order valence-corrected chi connectivity index (χ0v) is 21.7. The third kappa shape index (κ3) is 6.17. The quantitative estimate of drug-likeness (QED) is 0.433. The van der Waals surface area contributed by atoms with Gasteiger partial charge in [0.1, 0.15) is 11.6 Å². The number of nitrogens with zero attached hydrogens (tertiary/aromatic N) is 1. The fourth-order valence-electron chi connectivity index (χ4n) is 5.45. The van der Waals surface area contributed by atoms with Crippen molar-refractivity contribution < 1.29 is 27.9 Å². The van der Waals surface area contributed by atoms with Gasteiger partial charge in [0.2, 0.25) is 0 Å². The topological polar surface area (TPSA) is 118 Å². The van der Waals surface area contributed by atoms with Crippen LogP contribution in [-0.2, 0) is 37.1 Å². The Morgan fingerprint density at radius 2 is 1.84 bits per heavy atom. The van der Waals surface area contributed by atoms with Crippen molar-refractivity contribution in [2.24, 2.45) is 5.92 Å². The molecule has 0 unspecified atom stereocenters. The van der Waals surface area contributed by atoms with Crippen molar-refractivity contribution >= 4 is 27.4 Å². The molecule has 7 nitrogen and oxygen atoms in total. The summed E-state index contributed by atoms with van der Waals surface area (Å²) in [4.78, 5) is 41.2. The summed E-state index contributed by atoms with van der Waals surface area (Å²) in [6.07, 6.45) is 7.91. The minimum Gasteiger partial charge on any atom is -0.481 e. The van der Waals surface area contributed by atoms with Gasteiger partial charge in [0.15, 0.2) is 9.84 Å². The number of hydrogen-bond donors (Lipinski definition) is 1. The van der Waals surface area contributed by atoms with Crippen molar-refractivity contribution in [2.75, 3.05) is 0 Å². The standard InChI is InChI=1S/C29H33NO6S/c31-23-8-2-19(13-23)14-25(27(32)16-22-7-1-18(17-30-22)3-12-29(33)34)21-6-11-28(26(15-21)20-4-5-20)37(35,36)24-9-10-24/h1,6-7,11,15,17,19-20,24-25H,2-5,8-10,12-14,16H2,(H,33,34)/t19-,25+/m0/s1. The number of Topliss-reactive ketones (excluding diaryl/α,β-unsaturated/α-hetero) is 2. The molecule has 1 aromatic carbocycles. The molecule has 1 heterocycles. The number of aryl methyl sites for hydroxylation is 1.